The molecule has 3 aromatic carbocycles. The number of imidazole rings is 1. The Morgan fingerprint density at radius 2 is 1.64 bits per heavy atom. The molecule has 5 aromatic rings. The molecule has 2 aromatic heterocycles. The number of nitrogens with zero attached hydrogens (tertiary/aromatic N) is 4. The summed E-state index contributed by atoms with van der Waals surface area (Å²) in [5.74, 6) is 0.752. The molecular formula is C23H19N5. The van der Waals surface area contributed by atoms with Crippen LogP contribution < -0.4 is 5.32 Å². The molecule has 0 aliphatic carbocycles. The average Bonchev–Trinajstić information content (AvgIpc) is 3.11. The Balaban J connectivity index is 1.53. The molecule has 5 heteroatoms. The van der Waals surface area contributed by atoms with Crippen LogP contribution in [-0.2, 0) is 13.5 Å². The molecule has 0 radical (unpaired) electrons. The predicted molar refractivity (Wildman–Crippen MR) is 113 cm³/mol. The summed E-state index contributed by atoms with van der Waals surface area (Å²) in [6.45, 7) is 0. The Bertz CT molecular complexity index is 1270. The highest BCUT2D eigenvalue weighted by atomic mass is 15.2. The van der Waals surface area contributed by atoms with Crippen LogP contribution in [0.4, 0.5) is 11.5 Å². The number of aryl methyl sites for hydroxylation is 1. The molecule has 0 aliphatic rings. The standard InChI is InChI=1S/C23H19N5/c1-28-15-24-21-14-17(11-12-22(21)28)25-23-19-10-6-5-9-18(19)20(26-27-23)13-16-7-3-2-4-8-16/h2-12,14-15H,13H2,1H3,(H,25,27). The van der Waals surface area contributed by atoms with Gasteiger partial charge in [0.25, 0.3) is 0 Å². The van der Waals surface area contributed by atoms with Crippen molar-refractivity contribution in [3.63, 3.8) is 0 Å². The molecule has 1 N–H and O–H groups in total. The van der Waals surface area contributed by atoms with Crippen LogP contribution in [0, 0.1) is 0 Å². The molecule has 0 unspecified atom stereocenters. The van der Waals surface area contributed by atoms with Gasteiger partial charge < -0.3 is 9.88 Å². The van der Waals surface area contributed by atoms with Crippen molar-refractivity contribution in [1.29, 1.82) is 0 Å². The molecule has 5 nitrogen and oxygen atoms in total. The smallest absolute Gasteiger partial charge is 0.160 e. The largest absolute Gasteiger partial charge is 0.338 e. The number of aromatic nitrogens is 4. The van der Waals surface area contributed by atoms with Crippen LogP contribution in [0.5, 0.6) is 0 Å². The number of rotatable bonds is 4. The third-order valence-electron chi connectivity index (χ3n) is 4.97. The van der Waals surface area contributed by atoms with Crippen LogP contribution >= 0.6 is 0 Å². The molecule has 0 saturated heterocycles. The van der Waals surface area contributed by atoms with Crippen molar-refractivity contribution in [1.82, 2.24) is 19.7 Å². The molecule has 0 bridgehead atoms. The van der Waals surface area contributed by atoms with E-state index in [-0.39, 0.29) is 0 Å². The minimum Gasteiger partial charge on any atom is -0.338 e. The molecule has 0 amide bonds. The van der Waals surface area contributed by atoms with Gasteiger partial charge in [-0.1, -0.05) is 54.6 Å². The normalized spacial score (nSPS) is 11.2. The fraction of sp³-hybridized carbons (Fsp3) is 0.0870. The zero-order valence-electron chi connectivity index (χ0n) is 15.5. The van der Waals surface area contributed by atoms with E-state index in [0.717, 1.165) is 45.4 Å². The lowest BCUT2D eigenvalue weighted by Crippen LogP contribution is -2.02. The molecule has 28 heavy (non-hydrogen) atoms. The summed E-state index contributed by atoms with van der Waals surface area (Å²) in [5.41, 5.74) is 5.20. The van der Waals surface area contributed by atoms with Gasteiger partial charge in [0.2, 0.25) is 0 Å². The summed E-state index contributed by atoms with van der Waals surface area (Å²) in [6.07, 6.45) is 2.58. The number of fused-ring (bicyclic) bond motifs is 2. The van der Waals surface area contributed by atoms with Gasteiger partial charge in [-0.05, 0) is 23.8 Å². The first-order valence-corrected chi connectivity index (χ1v) is 9.24. The van der Waals surface area contributed by atoms with Gasteiger partial charge in [0.05, 0.1) is 23.1 Å². The van der Waals surface area contributed by atoms with Gasteiger partial charge >= 0.3 is 0 Å². The Labute approximate surface area is 162 Å². The van der Waals surface area contributed by atoms with Crippen molar-refractivity contribution in [2.45, 2.75) is 6.42 Å². The average molecular weight is 365 g/mol. The predicted octanol–water partition coefficient (Wildman–Crippen LogP) is 4.85. The van der Waals surface area contributed by atoms with Crippen molar-refractivity contribution in [3.8, 4) is 0 Å². The molecule has 0 saturated carbocycles. The van der Waals surface area contributed by atoms with Crippen LogP contribution in [0.1, 0.15) is 11.3 Å². The summed E-state index contributed by atoms with van der Waals surface area (Å²) >= 11 is 0. The maximum absolute atomic E-state index is 4.53. The first-order valence-electron chi connectivity index (χ1n) is 9.24. The van der Waals surface area contributed by atoms with Crippen LogP contribution in [-0.4, -0.2) is 19.7 Å². The summed E-state index contributed by atoms with van der Waals surface area (Å²) in [7, 11) is 1.99. The highest BCUT2D eigenvalue weighted by Gasteiger charge is 2.10. The first-order chi connectivity index (χ1) is 13.8. The fourth-order valence-corrected chi connectivity index (χ4v) is 3.52. The van der Waals surface area contributed by atoms with Crippen LogP contribution in [0.2, 0.25) is 0 Å². The van der Waals surface area contributed by atoms with E-state index in [1.165, 1.54) is 5.56 Å². The number of anilines is 2. The summed E-state index contributed by atoms with van der Waals surface area (Å²) < 4.78 is 2.01. The zero-order chi connectivity index (χ0) is 18.9. The van der Waals surface area contributed by atoms with E-state index < -0.39 is 0 Å². The molecule has 0 fully saturated rings. The Morgan fingerprint density at radius 3 is 2.50 bits per heavy atom. The molecule has 0 aliphatic heterocycles. The maximum atomic E-state index is 4.53. The maximum Gasteiger partial charge on any atom is 0.160 e. The van der Waals surface area contributed by atoms with Gasteiger partial charge in [-0.2, -0.15) is 5.10 Å². The Hall–Kier alpha value is -3.73. The number of hydrogen-bond acceptors (Lipinski definition) is 4. The van der Waals surface area contributed by atoms with Crippen molar-refractivity contribution < 1.29 is 0 Å². The lowest BCUT2D eigenvalue weighted by atomic mass is 10.0. The van der Waals surface area contributed by atoms with Crippen LogP contribution in [0.3, 0.4) is 0 Å². The summed E-state index contributed by atoms with van der Waals surface area (Å²) in [5, 5.41) is 14.6. The monoisotopic (exact) mass is 365 g/mol. The highest BCUT2D eigenvalue weighted by molar-refractivity contribution is 5.95. The van der Waals surface area contributed by atoms with Gasteiger partial charge in [-0.3, -0.25) is 0 Å². The summed E-state index contributed by atoms with van der Waals surface area (Å²) in [6, 6.07) is 24.8. The second-order valence-corrected chi connectivity index (χ2v) is 6.89. The van der Waals surface area contributed by atoms with Gasteiger partial charge in [0.15, 0.2) is 5.82 Å². The Kier molecular flexibility index (Phi) is 3.98. The number of benzene rings is 3. The third-order valence-corrected chi connectivity index (χ3v) is 4.97. The van der Waals surface area contributed by atoms with Crippen LogP contribution in [0.15, 0.2) is 79.1 Å². The van der Waals surface area contributed by atoms with E-state index in [9.17, 15) is 0 Å². The van der Waals surface area contributed by atoms with Crippen molar-refractivity contribution in [3.05, 3.63) is 90.4 Å². The lowest BCUT2D eigenvalue weighted by molar-refractivity contribution is 0.947. The molecule has 0 spiro atoms. The molecule has 5 rings (SSSR count). The summed E-state index contributed by atoms with van der Waals surface area (Å²) in [4.78, 5) is 4.43. The van der Waals surface area contributed by atoms with Gasteiger partial charge in [0, 0.05) is 29.9 Å². The topological polar surface area (TPSA) is 55.6 Å². The zero-order valence-corrected chi connectivity index (χ0v) is 15.5. The second-order valence-electron chi connectivity index (χ2n) is 6.89. The molecule has 136 valence electrons. The lowest BCUT2D eigenvalue weighted by Gasteiger charge is -2.11. The van der Waals surface area contributed by atoms with Crippen LogP contribution in [0.25, 0.3) is 21.8 Å². The first kappa shape index (κ1) is 16.4. The van der Waals surface area contributed by atoms with E-state index in [4.69, 9.17) is 0 Å². The third kappa shape index (κ3) is 2.97. The molecule has 2 heterocycles. The van der Waals surface area contributed by atoms with Crippen molar-refractivity contribution in [2.75, 3.05) is 5.32 Å². The number of nitrogens with one attached hydrogen (secondary N) is 1. The minimum atomic E-state index is 0.752. The minimum absolute atomic E-state index is 0.752. The fourth-order valence-electron chi connectivity index (χ4n) is 3.52. The van der Waals surface area contributed by atoms with E-state index >= 15 is 0 Å². The van der Waals surface area contributed by atoms with Gasteiger partial charge in [-0.25, -0.2) is 4.98 Å². The van der Waals surface area contributed by atoms with Gasteiger partial charge in [0.1, 0.15) is 0 Å². The Morgan fingerprint density at radius 1 is 0.857 bits per heavy atom. The van der Waals surface area contributed by atoms with Crippen molar-refractivity contribution in [2.24, 2.45) is 7.05 Å². The highest BCUT2D eigenvalue weighted by Crippen LogP contribution is 2.28. The number of hydrogen-bond donors (Lipinski definition) is 1. The quantitative estimate of drug-likeness (QED) is 0.495. The van der Waals surface area contributed by atoms with E-state index in [2.05, 4.69) is 63.0 Å². The van der Waals surface area contributed by atoms with Crippen molar-refractivity contribution >= 4 is 33.3 Å². The molecular weight excluding hydrogens is 346 g/mol. The van der Waals surface area contributed by atoms with E-state index in [1.54, 1.807) is 0 Å². The van der Waals surface area contributed by atoms with E-state index in [0.29, 0.717) is 0 Å². The molecule has 0 atom stereocenters. The van der Waals surface area contributed by atoms with Gasteiger partial charge in [-0.15, -0.1) is 5.10 Å². The van der Waals surface area contributed by atoms with E-state index in [1.807, 2.05) is 48.3 Å². The SMILES string of the molecule is Cn1cnc2cc(Nc3nnc(Cc4ccccc4)c4ccccc34)ccc21. The second kappa shape index (κ2) is 6.78.